The summed E-state index contributed by atoms with van der Waals surface area (Å²) in [6, 6.07) is -0.969. The Morgan fingerprint density at radius 2 is 2.00 bits per heavy atom. The first kappa shape index (κ1) is 11.1. The molecule has 0 heterocycles. The first-order valence-corrected chi connectivity index (χ1v) is 5.00. The molecule has 1 fully saturated rings. The zero-order chi connectivity index (χ0) is 10.9. The largest absolute Gasteiger partial charge is 0.292 e. The smallest absolute Gasteiger partial charge is 0.273 e. The highest BCUT2D eigenvalue weighted by atomic mass is 16.6. The van der Waals surface area contributed by atoms with Gasteiger partial charge in [-0.25, -0.2) is 0 Å². The Hall–Kier alpha value is -0.930. The second-order valence-corrected chi connectivity index (χ2v) is 5.06. The van der Waals surface area contributed by atoms with Crippen LogP contribution in [-0.4, -0.2) is 16.7 Å². The first-order valence-electron chi connectivity index (χ1n) is 5.00. The van der Waals surface area contributed by atoms with E-state index in [1.54, 1.807) is 0 Å². The van der Waals surface area contributed by atoms with Crippen molar-refractivity contribution >= 4 is 5.78 Å². The minimum atomic E-state index is -0.969. The molecule has 0 bridgehead atoms. The zero-order valence-corrected chi connectivity index (χ0v) is 8.95. The SMILES string of the molecule is CC(C)(C)[C@H]1CCCC(=O)[C@@H]1[N+](=O)[O-]. The topological polar surface area (TPSA) is 60.2 Å². The van der Waals surface area contributed by atoms with Gasteiger partial charge in [-0.05, 0) is 18.3 Å². The Balaban J connectivity index is 2.91. The molecule has 1 saturated carbocycles. The van der Waals surface area contributed by atoms with Gasteiger partial charge < -0.3 is 0 Å². The number of Topliss-reactive ketones (excluding diaryl/α,β-unsaturated/α-hetero) is 1. The standard InChI is InChI=1S/C10H17NO3/c1-10(2,3)7-5-4-6-8(12)9(7)11(13)14/h7,9H,4-6H2,1-3H3/t7-,9+/m0/s1. The van der Waals surface area contributed by atoms with Gasteiger partial charge in [-0.2, -0.15) is 0 Å². The van der Waals surface area contributed by atoms with Crippen molar-refractivity contribution in [2.24, 2.45) is 11.3 Å². The molecule has 0 amide bonds. The lowest BCUT2D eigenvalue weighted by Gasteiger charge is -2.34. The van der Waals surface area contributed by atoms with E-state index in [1.165, 1.54) is 0 Å². The monoisotopic (exact) mass is 199 g/mol. The Kier molecular flexibility index (Phi) is 2.92. The predicted octanol–water partition coefficient (Wildman–Crippen LogP) is 2.05. The van der Waals surface area contributed by atoms with E-state index in [9.17, 15) is 14.9 Å². The highest BCUT2D eigenvalue weighted by molar-refractivity contribution is 5.83. The van der Waals surface area contributed by atoms with E-state index in [4.69, 9.17) is 0 Å². The molecule has 0 aliphatic heterocycles. The molecule has 14 heavy (non-hydrogen) atoms. The van der Waals surface area contributed by atoms with Crippen molar-refractivity contribution in [3.63, 3.8) is 0 Å². The summed E-state index contributed by atoms with van der Waals surface area (Å²) in [7, 11) is 0. The minimum Gasteiger partial charge on any atom is -0.292 e. The highest BCUT2D eigenvalue weighted by Gasteiger charge is 2.46. The van der Waals surface area contributed by atoms with Gasteiger partial charge in [0, 0.05) is 17.3 Å². The molecule has 0 aromatic carbocycles. The van der Waals surface area contributed by atoms with E-state index in [-0.39, 0.29) is 17.1 Å². The van der Waals surface area contributed by atoms with Crippen molar-refractivity contribution < 1.29 is 9.72 Å². The van der Waals surface area contributed by atoms with Gasteiger partial charge in [-0.15, -0.1) is 0 Å². The van der Waals surface area contributed by atoms with Gasteiger partial charge in [0.25, 0.3) is 6.04 Å². The van der Waals surface area contributed by atoms with Gasteiger partial charge in [-0.1, -0.05) is 20.8 Å². The molecule has 80 valence electrons. The molecule has 0 saturated heterocycles. The third kappa shape index (κ3) is 2.11. The average molecular weight is 199 g/mol. The fraction of sp³-hybridized carbons (Fsp3) is 0.900. The lowest BCUT2D eigenvalue weighted by atomic mass is 9.69. The molecule has 0 aromatic heterocycles. The Morgan fingerprint density at radius 3 is 2.36 bits per heavy atom. The number of ketones is 1. The lowest BCUT2D eigenvalue weighted by molar-refractivity contribution is -0.521. The first-order chi connectivity index (χ1) is 6.34. The molecule has 0 spiro atoms. The summed E-state index contributed by atoms with van der Waals surface area (Å²) < 4.78 is 0. The van der Waals surface area contributed by atoms with E-state index in [2.05, 4.69) is 0 Å². The molecule has 1 rings (SSSR count). The van der Waals surface area contributed by atoms with Crippen LogP contribution in [0.2, 0.25) is 0 Å². The van der Waals surface area contributed by atoms with Crippen LogP contribution >= 0.6 is 0 Å². The summed E-state index contributed by atoms with van der Waals surface area (Å²) in [6.07, 6.45) is 1.96. The van der Waals surface area contributed by atoms with Crippen molar-refractivity contribution in [2.75, 3.05) is 0 Å². The summed E-state index contributed by atoms with van der Waals surface area (Å²) >= 11 is 0. The lowest BCUT2D eigenvalue weighted by Crippen LogP contribution is -2.45. The van der Waals surface area contributed by atoms with Crippen LogP contribution in [0.5, 0.6) is 0 Å². The average Bonchev–Trinajstić information content (AvgIpc) is 2.01. The molecule has 0 unspecified atom stereocenters. The van der Waals surface area contributed by atoms with Crippen LogP contribution in [0.3, 0.4) is 0 Å². The molecular formula is C10H17NO3. The van der Waals surface area contributed by atoms with Crippen molar-refractivity contribution in [2.45, 2.75) is 46.1 Å². The van der Waals surface area contributed by atoms with Gasteiger partial charge in [0.05, 0.1) is 0 Å². The van der Waals surface area contributed by atoms with Crippen LogP contribution in [-0.2, 0) is 4.79 Å². The van der Waals surface area contributed by atoms with Gasteiger partial charge in [-0.3, -0.25) is 14.9 Å². The zero-order valence-electron chi connectivity index (χ0n) is 8.95. The second kappa shape index (κ2) is 3.67. The normalized spacial score (nSPS) is 28.9. The maximum absolute atomic E-state index is 11.5. The highest BCUT2D eigenvalue weighted by Crippen LogP contribution is 2.37. The number of nitrogens with zero attached hydrogens (tertiary/aromatic N) is 1. The number of nitro groups is 1. The van der Waals surface area contributed by atoms with Gasteiger partial charge in [0.1, 0.15) is 0 Å². The van der Waals surface area contributed by atoms with Crippen molar-refractivity contribution in [1.29, 1.82) is 0 Å². The van der Waals surface area contributed by atoms with Gasteiger partial charge in [0.2, 0.25) is 5.78 Å². The van der Waals surface area contributed by atoms with Crippen molar-refractivity contribution in [3.8, 4) is 0 Å². The van der Waals surface area contributed by atoms with Crippen LogP contribution < -0.4 is 0 Å². The quantitative estimate of drug-likeness (QED) is 0.479. The predicted molar refractivity (Wildman–Crippen MR) is 52.6 cm³/mol. The molecular weight excluding hydrogens is 182 g/mol. The van der Waals surface area contributed by atoms with Crippen LogP contribution in [0.25, 0.3) is 0 Å². The summed E-state index contributed by atoms with van der Waals surface area (Å²) in [5, 5.41) is 10.8. The van der Waals surface area contributed by atoms with Gasteiger partial charge >= 0.3 is 0 Å². The second-order valence-electron chi connectivity index (χ2n) is 5.06. The maximum atomic E-state index is 11.5. The minimum absolute atomic E-state index is 0.112. The Bertz CT molecular complexity index is 255. The molecule has 4 heteroatoms. The Morgan fingerprint density at radius 1 is 1.43 bits per heavy atom. The third-order valence-corrected chi connectivity index (χ3v) is 2.99. The van der Waals surface area contributed by atoms with E-state index >= 15 is 0 Å². The number of hydrogen-bond acceptors (Lipinski definition) is 3. The van der Waals surface area contributed by atoms with E-state index in [0.29, 0.717) is 6.42 Å². The molecule has 1 aliphatic carbocycles. The number of carbonyl (C=O) groups excluding carboxylic acids is 1. The summed E-state index contributed by atoms with van der Waals surface area (Å²) in [6.45, 7) is 5.90. The number of carbonyl (C=O) groups is 1. The molecule has 0 aromatic rings. The van der Waals surface area contributed by atoms with Gasteiger partial charge in [0.15, 0.2) is 0 Å². The van der Waals surface area contributed by atoms with Crippen molar-refractivity contribution in [1.82, 2.24) is 0 Å². The number of hydrogen-bond donors (Lipinski definition) is 0. The van der Waals surface area contributed by atoms with E-state index < -0.39 is 11.0 Å². The van der Waals surface area contributed by atoms with Crippen molar-refractivity contribution in [3.05, 3.63) is 10.1 Å². The molecule has 2 atom stereocenters. The molecule has 0 radical (unpaired) electrons. The summed E-state index contributed by atoms with van der Waals surface area (Å²) in [5.41, 5.74) is -0.159. The van der Waals surface area contributed by atoms with Crippen LogP contribution in [0.1, 0.15) is 40.0 Å². The summed E-state index contributed by atoms with van der Waals surface area (Å²) in [5.74, 6) is -0.306. The Labute approximate surface area is 83.8 Å². The fourth-order valence-electron chi connectivity index (χ4n) is 2.20. The number of rotatable bonds is 1. The van der Waals surface area contributed by atoms with Crippen LogP contribution in [0, 0.1) is 21.4 Å². The fourth-order valence-corrected chi connectivity index (χ4v) is 2.20. The molecule has 1 aliphatic rings. The molecule has 4 nitrogen and oxygen atoms in total. The summed E-state index contributed by atoms with van der Waals surface area (Å²) in [4.78, 5) is 21.9. The molecule has 0 N–H and O–H groups in total. The van der Waals surface area contributed by atoms with E-state index in [0.717, 1.165) is 12.8 Å². The van der Waals surface area contributed by atoms with E-state index in [1.807, 2.05) is 20.8 Å². The maximum Gasteiger partial charge on any atom is 0.273 e. The van der Waals surface area contributed by atoms with Crippen LogP contribution in [0.15, 0.2) is 0 Å². The van der Waals surface area contributed by atoms with Crippen LogP contribution in [0.4, 0.5) is 0 Å². The third-order valence-electron chi connectivity index (χ3n) is 2.99.